The van der Waals surface area contributed by atoms with Gasteiger partial charge in [-0.2, -0.15) is 0 Å². The molecule has 0 spiro atoms. The van der Waals surface area contributed by atoms with E-state index in [0.717, 1.165) is 24.7 Å². The van der Waals surface area contributed by atoms with Crippen molar-refractivity contribution in [2.75, 3.05) is 18.9 Å². The van der Waals surface area contributed by atoms with Crippen LogP contribution in [0.2, 0.25) is 0 Å². The van der Waals surface area contributed by atoms with E-state index < -0.39 is 0 Å². The van der Waals surface area contributed by atoms with Crippen molar-refractivity contribution in [1.29, 1.82) is 0 Å². The minimum absolute atomic E-state index is 0.0598. The van der Waals surface area contributed by atoms with Gasteiger partial charge in [-0.1, -0.05) is 25.6 Å². The van der Waals surface area contributed by atoms with E-state index in [0.29, 0.717) is 5.41 Å². The molecule has 1 N–H and O–H groups in total. The summed E-state index contributed by atoms with van der Waals surface area (Å²) in [5.41, 5.74) is 0.485. The maximum absolute atomic E-state index is 5.67. The van der Waals surface area contributed by atoms with E-state index in [-0.39, 0.29) is 11.6 Å². The molecule has 0 aromatic rings. The van der Waals surface area contributed by atoms with Gasteiger partial charge in [-0.15, -0.1) is 0 Å². The lowest BCUT2D eigenvalue weighted by Gasteiger charge is -2.36. The molecule has 3 nitrogen and oxygen atoms in total. The second-order valence-electron chi connectivity index (χ2n) is 5.92. The van der Waals surface area contributed by atoms with Crippen LogP contribution in [0.3, 0.4) is 0 Å². The number of thioether (sulfide) groups is 1. The van der Waals surface area contributed by atoms with Crippen molar-refractivity contribution in [1.82, 2.24) is 5.32 Å². The van der Waals surface area contributed by atoms with Gasteiger partial charge in [0.15, 0.2) is 5.17 Å². The van der Waals surface area contributed by atoms with Crippen molar-refractivity contribution in [3.63, 3.8) is 0 Å². The summed E-state index contributed by atoms with van der Waals surface area (Å²) < 4.78 is 5.67. The van der Waals surface area contributed by atoms with Crippen molar-refractivity contribution in [3.05, 3.63) is 0 Å². The summed E-state index contributed by atoms with van der Waals surface area (Å²) >= 11 is 1.89. The first-order chi connectivity index (χ1) is 8.53. The fourth-order valence-electron chi connectivity index (χ4n) is 2.55. The van der Waals surface area contributed by atoms with Crippen molar-refractivity contribution >= 4 is 16.9 Å². The van der Waals surface area contributed by atoms with Gasteiger partial charge in [0.1, 0.15) is 0 Å². The number of rotatable bonds is 3. The Bertz CT molecular complexity index is 328. The molecule has 1 saturated heterocycles. The Kier molecular flexibility index (Phi) is 4.27. The number of amidine groups is 1. The topological polar surface area (TPSA) is 33.6 Å². The molecule has 0 radical (unpaired) electrons. The lowest BCUT2D eigenvalue weighted by atomic mass is 9.84. The summed E-state index contributed by atoms with van der Waals surface area (Å²) in [5, 5.41) is 4.74. The predicted octanol–water partition coefficient (Wildman–Crippen LogP) is 3.05. The number of ether oxygens (including phenoxy) is 1. The second-order valence-corrected chi connectivity index (χ2v) is 6.89. The number of nitrogens with zero attached hydrogens (tertiary/aromatic N) is 1. The Labute approximate surface area is 115 Å². The van der Waals surface area contributed by atoms with Crippen LogP contribution in [0.1, 0.15) is 47.0 Å². The Morgan fingerprint density at radius 2 is 2.17 bits per heavy atom. The van der Waals surface area contributed by atoms with Crippen LogP contribution >= 0.6 is 11.8 Å². The Hall–Kier alpha value is -0.220. The highest BCUT2D eigenvalue weighted by molar-refractivity contribution is 8.13. The zero-order chi connectivity index (χ0) is 13.2. The van der Waals surface area contributed by atoms with E-state index >= 15 is 0 Å². The van der Waals surface area contributed by atoms with Gasteiger partial charge >= 0.3 is 0 Å². The van der Waals surface area contributed by atoms with Crippen molar-refractivity contribution < 1.29 is 4.74 Å². The molecule has 0 bridgehead atoms. The highest BCUT2D eigenvalue weighted by atomic mass is 32.2. The van der Waals surface area contributed by atoms with Gasteiger partial charge in [-0.3, -0.25) is 4.99 Å². The van der Waals surface area contributed by atoms with E-state index in [1.807, 2.05) is 11.8 Å². The molecule has 4 heteroatoms. The summed E-state index contributed by atoms with van der Waals surface area (Å²) in [5.74, 6) is 1.19. The fraction of sp³-hybridized carbons (Fsp3) is 0.929. The van der Waals surface area contributed by atoms with Crippen LogP contribution in [-0.4, -0.2) is 35.7 Å². The Morgan fingerprint density at radius 1 is 1.44 bits per heavy atom. The molecule has 2 unspecified atom stereocenters. The molecular formula is C14H26N2OS. The summed E-state index contributed by atoms with van der Waals surface area (Å²) in [6.45, 7) is 10.8. The van der Waals surface area contributed by atoms with Crippen molar-refractivity contribution in [2.45, 2.75) is 58.6 Å². The first kappa shape index (κ1) is 14.2. The number of aliphatic imine (C=N–C) groups is 1. The second kappa shape index (κ2) is 5.41. The van der Waals surface area contributed by atoms with Gasteiger partial charge in [0.05, 0.1) is 11.6 Å². The average molecular weight is 270 g/mol. The molecule has 0 saturated carbocycles. The molecule has 0 aromatic heterocycles. The smallest absolute Gasteiger partial charge is 0.157 e. The normalized spacial score (nSPS) is 35.3. The molecule has 2 heterocycles. The first-order valence-corrected chi connectivity index (χ1v) is 8.09. The number of hydrogen-bond acceptors (Lipinski definition) is 4. The van der Waals surface area contributed by atoms with Crippen molar-refractivity contribution in [3.8, 4) is 0 Å². The van der Waals surface area contributed by atoms with E-state index in [4.69, 9.17) is 9.73 Å². The molecule has 18 heavy (non-hydrogen) atoms. The van der Waals surface area contributed by atoms with Gasteiger partial charge in [0, 0.05) is 18.9 Å². The molecular weight excluding hydrogens is 244 g/mol. The highest BCUT2D eigenvalue weighted by Gasteiger charge is 2.39. The van der Waals surface area contributed by atoms with E-state index in [1.54, 1.807) is 0 Å². The van der Waals surface area contributed by atoms with Crippen LogP contribution in [0.15, 0.2) is 4.99 Å². The number of nitrogens with one attached hydrogen (secondary N) is 1. The van der Waals surface area contributed by atoms with Crippen molar-refractivity contribution in [2.24, 2.45) is 10.4 Å². The maximum Gasteiger partial charge on any atom is 0.157 e. The molecule has 2 aliphatic rings. The lowest BCUT2D eigenvalue weighted by molar-refractivity contribution is 0.0950. The highest BCUT2D eigenvalue weighted by Crippen LogP contribution is 2.36. The molecule has 2 rings (SSSR count). The van der Waals surface area contributed by atoms with Crippen LogP contribution in [-0.2, 0) is 4.74 Å². The zero-order valence-corrected chi connectivity index (χ0v) is 12.9. The standard InChI is InChI=1S/C14H26N2OS/c1-5-14(6-2)9-15-12(18-10-14)16-13(4)7-8-17-11(13)3/h11H,5-10H2,1-4H3,(H,15,16). The van der Waals surface area contributed by atoms with Gasteiger partial charge in [0.2, 0.25) is 0 Å². The SMILES string of the molecule is CCC1(CC)CN=C(NC2(C)CCOC2C)SC1. The van der Waals surface area contributed by atoms with Crippen LogP contribution in [0.4, 0.5) is 0 Å². The third-order valence-electron chi connectivity index (χ3n) is 4.85. The van der Waals surface area contributed by atoms with Crippen LogP contribution in [0.25, 0.3) is 0 Å². The third-order valence-corrected chi connectivity index (χ3v) is 6.11. The molecule has 1 fully saturated rings. The zero-order valence-electron chi connectivity index (χ0n) is 12.1. The first-order valence-electron chi connectivity index (χ1n) is 7.11. The maximum atomic E-state index is 5.67. The molecule has 2 atom stereocenters. The monoisotopic (exact) mass is 270 g/mol. The van der Waals surface area contributed by atoms with E-state index in [1.165, 1.54) is 18.6 Å². The van der Waals surface area contributed by atoms with Crippen LogP contribution < -0.4 is 5.32 Å². The largest absolute Gasteiger partial charge is 0.376 e. The summed E-state index contributed by atoms with van der Waals surface area (Å²) in [6, 6.07) is 0. The quantitative estimate of drug-likeness (QED) is 0.856. The van der Waals surface area contributed by atoms with Gasteiger partial charge in [-0.25, -0.2) is 0 Å². The molecule has 104 valence electrons. The molecule has 0 amide bonds. The Morgan fingerprint density at radius 3 is 2.61 bits per heavy atom. The summed E-state index contributed by atoms with van der Waals surface area (Å²) in [4.78, 5) is 4.78. The molecule has 0 aliphatic carbocycles. The van der Waals surface area contributed by atoms with Crippen LogP contribution in [0, 0.1) is 5.41 Å². The predicted molar refractivity (Wildman–Crippen MR) is 79.3 cm³/mol. The third kappa shape index (κ3) is 2.69. The van der Waals surface area contributed by atoms with Gasteiger partial charge in [0.25, 0.3) is 0 Å². The molecule has 0 aromatic carbocycles. The minimum Gasteiger partial charge on any atom is -0.376 e. The average Bonchev–Trinajstić information content (AvgIpc) is 2.71. The van der Waals surface area contributed by atoms with Gasteiger partial charge in [-0.05, 0) is 38.5 Å². The fourth-order valence-corrected chi connectivity index (χ4v) is 3.95. The molecule has 2 aliphatic heterocycles. The lowest BCUT2D eigenvalue weighted by Crippen LogP contribution is -2.51. The van der Waals surface area contributed by atoms with Gasteiger partial charge < -0.3 is 10.1 Å². The summed E-state index contributed by atoms with van der Waals surface area (Å²) in [6.07, 6.45) is 3.79. The van der Waals surface area contributed by atoms with E-state index in [2.05, 4.69) is 33.0 Å². The Balaban J connectivity index is 1.98. The van der Waals surface area contributed by atoms with Crippen LogP contribution in [0.5, 0.6) is 0 Å². The summed E-state index contributed by atoms with van der Waals surface area (Å²) in [7, 11) is 0. The van der Waals surface area contributed by atoms with E-state index in [9.17, 15) is 0 Å². The number of hydrogen-bond donors (Lipinski definition) is 1. The minimum atomic E-state index is 0.0598.